The van der Waals surface area contributed by atoms with Crippen LogP contribution in [0.4, 0.5) is 5.69 Å². The molecule has 11 heteroatoms. The van der Waals surface area contributed by atoms with E-state index >= 15 is 0 Å². The molecule has 3 aromatic carbocycles. The fourth-order valence-corrected chi connectivity index (χ4v) is 6.16. The smallest absolute Gasteiger partial charge is 0.264 e. The number of nitrogens with one attached hydrogen (secondary N) is 1. The molecule has 0 radical (unpaired) electrons. The lowest BCUT2D eigenvalue weighted by Gasteiger charge is -2.34. The van der Waals surface area contributed by atoms with Gasteiger partial charge in [0.15, 0.2) is 0 Å². The lowest BCUT2D eigenvalue weighted by molar-refractivity contribution is -0.140. The molecular formula is C32H40ClN3O6S. The number of hydrogen-bond acceptors (Lipinski definition) is 6. The molecule has 0 spiro atoms. The van der Waals surface area contributed by atoms with Crippen molar-refractivity contribution >= 4 is 39.1 Å². The van der Waals surface area contributed by atoms with Crippen LogP contribution in [0.25, 0.3) is 0 Å². The zero-order valence-corrected chi connectivity index (χ0v) is 27.0. The van der Waals surface area contributed by atoms with Crippen LogP contribution in [0.2, 0.25) is 5.02 Å². The van der Waals surface area contributed by atoms with Gasteiger partial charge >= 0.3 is 0 Å². The number of benzene rings is 3. The first-order valence-corrected chi connectivity index (χ1v) is 15.9. The van der Waals surface area contributed by atoms with E-state index in [1.807, 2.05) is 33.8 Å². The maximum Gasteiger partial charge on any atom is 0.264 e. The summed E-state index contributed by atoms with van der Waals surface area (Å²) in [7, 11) is -1.23. The third-order valence-electron chi connectivity index (χ3n) is 7.19. The summed E-state index contributed by atoms with van der Waals surface area (Å²) in [6.07, 6.45) is 1.03. The molecule has 0 aliphatic heterocycles. The molecule has 0 aliphatic carbocycles. The molecule has 0 bridgehead atoms. The Morgan fingerprint density at radius 3 is 2.23 bits per heavy atom. The van der Waals surface area contributed by atoms with E-state index in [2.05, 4.69) is 5.32 Å². The Kier molecular flexibility index (Phi) is 11.9. The molecule has 1 N–H and O–H groups in total. The standard InChI is InChI=1S/C32H40ClN3O6S/c1-7-23(4)34-32(38)29(8-2)35(20-24-10-9-11-26(18-24)41-5)31(37)21-36(25-14-17-30(42-6)28(33)19-25)43(39,40)27-15-12-22(3)13-16-27/h9-19,23,29H,7-8,20-21H2,1-6H3,(H,34,38)/t23-,29+/m0/s1. The molecule has 0 fully saturated rings. The fraction of sp³-hybridized carbons (Fsp3) is 0.375. The molecule has 2 amide bonds. The van der Waals surface area contributed by atoms with Gasteiger partial charge in [-0.3, -0.25) is 13.9 Å². The zero-order valence-electron chi connectivity index (χ0n) is 25.5. The highest BCUT2D eigenvalue weighted by Gasteiger charge is 2.34. The van der Waals surface area contributed by atoms with Gasteiger partial charge in [0, 0.05) is 12.6 Å². The molecule has 2 atom stereocenters. The molecule has 0 aliphatic rings. The molecule has 9 nitrogen and oxygen atoms in total. The van der Waals surface area contributed by atoms with Crippen LogP contribution in [0.1, 0.15) is 44.7 Å². The lowest BCUT2D eigenvalue weighted by Crippen LogP contribution is -2.53. The summed E-state index contributed by atoms with van der Waals surface area (Å²) in [5, 5.41) is 3.15. The first-order valence-electron chi connectivity index (χ1n) is 14.1. The molecule has 0 saturated heterocycles. The second-order valence-corrected chi connectivity index (χ2v) is 12.5. The highest BCUT2D eigenvalue weighted by molar-refractivity contribution is 7.92. The van der Waals surface area contributed by atoms with Crippen LogP contribution in [0.5, 0.6) is 11.5 Å². The number of sulfonamides is 1. The average molecular weight is 630 g/mol. The van der Waals surface area contributed by atoms with E-state index < -0.39 is 28.5 Å². The summed E-state index contributed by atoms with van der Waals surface area (Å²) < 4.78 is 39.7. The van der Waals surface area contributed by atoms with E-state index in [-0.39, 0.29) is 34.1 Å². The molecule has 0 unspecified atom stereocenters. The quantitative estimate of drug-likeness (QED) is 0.250. The Morgan fingerprint density at radius 2 is 1.65 bits per heavy atom. The Hall–Kier alpha value is -3.76. The topological polar surface area (TPSA) is 105 Å². The Labute approximate surface area is 259 Å². The van der Waals surface area contributed by atoms with Gasteiger partial charge in [0.2, 0.25) is 11.8 Å². The van der Waals surface area contributed by atoms with Crippen LogP contribution in [0.3, 0.4) is 0 Å². The van der Waals surface area contributed by atoms with Crippen molar-refractivity contribution in [2.75, 3.05) is 25.1 Å². The number of ether oxygens (including phenoxy) is 2. The number of methoxy groups -OCH3 is 2. The number of aryl methyl sites for hydroxylation is 1. The van der Waals surface area contributed by atoms with Crippen molar-refractivity contribution < 1.29 is 27.5 Å². The highest BCUT2D eigenvalue weighted by atomic mass is 35.5. The number of anilines is 1. The molecule has 0 saturated carbocycles. The van der Waals surface area contributed by atoms with Crippen molar-refractivity contribution in [3.05, 3.63) is 82.9 Å². The number of rotatable bonds is 14. The summed E-state index contributed by atoms with van der Waals surface area (Å²) in [5.41, 5.74) is 1.79. The average Bonchev–Trinajstić information content (AvgIpc) is 2.99. The third-order valence-corrected chi connectivity index (χ3v) is 9.27. The van der Waals surface area contributed by atoms with Gasteiger partial charge in [-0.1, -0.05) is 55.3 Å². The predicted octanol–water partition coefficient (Wildman–Crippen LogP) is 5.58. The maximum absolute atomic E-state index is 14.2. The van der Waals surface area contributed by atoms with Crippen molar-refractivity contribution in [2.45, 2.75) is 64.1 Å². The van der Waals surface area contributed by atoms with E-state index in [0.29, 0.717) is 24.3 Å². The van der Waals surface area contributed by atoms with Crippen molar-refractivity contribution in [2.24, 2.45) is 0 Å². The number of carbonyl (C=O) groups excluding carboxylic acids is 2. The van der Waals surface area contributed by atoms with Gasteiger partial charge in [-0.2, -0.15) is 0 Å². The minimum atomic E-state index is -4.23. The van der Waals surface area contributed by atoms with Gasteiger partial charge in [-0.25, -0.2) is 8.42 Å². The van der Waals surface area contributed by atoms with E-state index in [1.54, 1.807) is 43.5 Å². The van der Waals surface area contributed by atoms with Crippen molar-refractivity contribution in [1.29, 1.82) is 0 Å². The molecular weight excluding hydrogens is 590 g/mol. The van der Waals surface area contributed by atoms with Crippen molar-refractivity contribution in [3.8, 4) is 11.5 Å². The summed E-state index contributed by atoms with van der Waals surface area (Å²) in [6.45, 7) is 7.00. The van der Waals surface area contributed by atoms with Gasteiger partial charge < -0.3 is 19.7 Å². The SMILES string of the molecule is CC[C@H](C(=O)N[C@@H](C)CC)N(Cc1cccc(OC)c1)C(=O)CN(c1ccc(OC)c(Cl)c1)S(=O)(=O)c1ccc(C)cc1. The number of hydrogen-bond donors (Lipinski definition) is 1. The number of nitrogens with zero attached hydrogens (tertiary/aromatic N) is 2. The second kappa shape index (κ2) is 15.1. The first kappa shape index (κ1) is 33.7. The largest absolute Gasteiger partial charge is 0.497 e. The first-order chi connectivity index (χ1) is 20.4. The number of halogens is 1. The van der Waals surface area contributed by atoms with Gasteiger partial charge in [0.1, 0.15) is 24.1 Å². The molecule has 43 heavy (non-hydrogen) atoms. The minimum Gasteiger partial charge on any atom is -0.497 e. The summed E-state index contributed by atoms with van der Waals surface area (Å²) in [5.74, 6) is 0.0837. The predicted molar refractivity (Wildman–Crippen MR) is 169 cm³/mol. The summed E-state index contributed by atoms with van der Waals surface area (Å²) in [6, 6.07) is 17.1. The molecule has 0 heterocycles. The maximum atomic E-state index is 14.2. The monoisotopic (exact) mass is 629 g/mol. The number of carbonyl (C=O) groups is 2. The van der Waals surface area contributed by atoms with Crippen LogP contribution in [0, 0.1) is 6.92 Å². The van der Waals surface area contributed by atoms with E-state index in [1.165, 1.54) is 36.3 Å². The van der Waals surface area contributed by atoms with Gasteiger partial charge in [0.05, 0.1) is 29.8 Å². The summed E-state index contributed by atoms with van der Waals surface area (Å²) in [4.78, 5) is 29.1. The third kappa shape index (κ3) is 8.42. The highest BCUT2D eigenvalue weighted by Crippen LogP contribution is 2.32. The van der Waals surface area contributed by atoms with Crippen LogP contribution in [0.15, 0.2) is 71.6 Å². The van der Waals surface area contributed by atoms with Crippen LogP contribution in [-0.2, 0) is 26.2 Å². The minimum absolute atomic E-state index is 0.0127. The van der Waals surface area contributed by atoms with E-state index in [0.717, 1.165) is 15.4 Å². The van der Waals surface area contributed by atoms with Crippen molar-refractivity contribution in [1.82, 2.24) is 10.2 Å². The Morgan fingerprint density at radius 1 is 0.953 bits per heavy atom. The molecule has 3 aromatic rings. The van der Waals surface area contributed by atoms with Gasteiger partial charge in [-0.15, -0.1) is 0 Å². The molecule has 0 aromatic heterocycles. The Balaban J connectivity index is 2.11. The fourth-order valence-electron chi connectivity index (χ4n) is 4.50. The van der Waals surface area contributed by atoms with Crippen LogP contribution in [-0.4, -0.2) is 58.0 Å². The van der Waals surface area contributed by atoms with E-state index in [4.69, 9.17) is 21.1 Å². The van der Waals surface area contributed by atoms with E-state index in [9.17, 15) is 18.0 Å². The molecule has 3 rings (SSSR count). The van der Waals surface area contributed by atoms with Gasteiger partial charge in [-0.05, 0) is 74.7 Å². The zero-order chi connectivity index (χ0) is 31.7. The van der Waals surface area contributed by atoms with Gasteiger partial charge in [0.25, 0.3) is 10.0 Å². The lowest BCUT2D eigenvalue weighted by atomic mass is 10.1. The number of amides is 2. The van der Waals surface area contributed by atoms with Crippen LogP contribution >= 0.6 is 11.6 Å². The second-order valence-electron chi connectivity index (χ2n) is 10.3. The Bertz CT molecular complexity index is 1510. The van der Waals surface area contributed by atoms with Crippen molar-refractivity contribution in [3.63, 3.8) is 0 Å². The normalized spacial score (nSPS) is 12.6. The molecule has 232 valence electrons. The summed E-state index contributed by atoms with van der Waals surface area (Å²) >= 11 is 6.40. The van der Waals surface area contributed by atoms with Crippen LogP contribution < -0.4 is 19.1 Å².